The number of ether oxygens (including phenoxy) is 1. The van der Waals surface area contributed by atoms with Gasteiger partial charge in [-0.2, -0.15) is 0 Å². The van der Waals surface area contributed by atoms with Crippen LogP contribution in [0.1, 0.15) is 13.3 Å². The Morgan fingerprint density at radius 3 is 2.72 bits per heavy atom. The Hall–Kier alpha value is -0.0300. The van der Waals surface area contributed by atoms with E-state index in [-0.39, 0.29) is 0 Å². The van der Waals surface area contributed by atoms with Crippen LogP contribution in [0.5, 0.6) is 0 Å². The third-order valence-electron chi connectivity index (χ3n) is 3.09. The van der Waals surface area contributed by atoms with Crippen molar-refractivity contribution in [2.45, 2.75) is 24.3 Å². The zero-order chi connectivity index (χ0) is 13.4. The Labute approximate surface area is 123 Å². The average molecular weight is 332 g/mol. The Balaban J connectivity index is 2.46. The number of methoxy groups -OCH3 is 1. The summed E-state index contributed by atoms with van der Waals surface area (Å²) in [4.78, 5) is 1.30. The van der Waals surface area contributed by atoms with E-state index in [1.165, 1.54) is 9.37 Å². The predicted molar refractivity (Wildman–Crippen MR) is 83.4 cm³/mol. The Morgan fingerprint density at radius 1 is 1.39 bits per heavy atom. The van der Waals surface area contributed by atoms with Gasteiger partial charge in [-0.1, -0.05) is 19.1 Å². The SMILES string of the molecule is CNC(CSc1ccccc1Br)C(C)CCOC. The fourth-order valence-electron chi connectivity index (χ4n) is 1.78. The second kappa shape index (κ2) is 8.97. The van der Waals surface area contributed by atoms with Crippen LogP contribution >= 0.6 is 27.7 Å². The summed E-state index contributed by atoms with van der Waals surface area (Å²) >= 11 is 5.48. The van der Waals surface area contributed by atoms with Gasteiger partial charge < -0.3 is 10.1 Å². The smallest absolute Gasteiger partial charge is 0.0465 e. The highest BCUT2D eigenvalue weighted by Crippen LogP contribution is 2.28. The highest BCUT2D eigenvalue weighted by molar-refractivity contribution is 9.10. The molecule has 0 spiro atoms. The highest BCUT2D eigenvalue weighted by atomic mass is 79.9. The van der Waals surface area contributed by atoms with Gasteiger partial charge in [0.25, 0.3) is 0 Å². The second-order valence-corrected chi connectivity index (χ2v) is 6.31. The van der Waals surface area contributed by atoms with Crippen LogP contribution in [0.2, 0.25) is 0 Å². The van der Waals surface area contributed by atoms with Crippen LogP contribution in [0.3, 0.4) is 0 Å². The first-order valence-corrected chi connectivity index (χ1v) is 8.00. The molecule has 0 saturated heterocycles. The number of nitrogens with one attached hydrogen (secondary N) is 1. The van der Waals surface area contributed by atoms with Crippen LogP contribution in [0, 0.1) is 5.92 Å². The van der Waals surface area contributed by atoms with Crippen LogP contribution in [-0.2, 0) is 4.74 Å². The highest BCUT2D eigenvalue weighted by Gasteiger charge is 2.15. The average Bonchev–Trinajstić information content (AvgIpc) is 2.39. The molecule has 0 aliphatic rings. The lowest BCUT2D eigenvalue weighted by molar-refractivity contribution is 0.173. The molecule has 18 heavy (non-hydrogen) atoms. The van der Waals surface area contributed by atoms with E-state index in [0.717, 1.165) is 18.8 Å². The van der Waals surface area contributed by atoms with Crippen molar-refractivity contribution in [3.63, 3.8) is 0 Å². The quantitative estimate of drug-likeness (QED) is 0.732. The van der Waals surface area contributed by atoms with Crippen molar-refractivity contribution in [1.29, 1.82) is 0 Å². The van der Waals surface area contributed by atoms with Gasteiger partial charge >= 0.3 is 0 Å². The predicted octanol–water partition coefficient (Wildman–Crippen LogP) is 3.80. The van der Waals surface area contributed by atoms with Crippen LogP contribution < -0.4 is 5.32 Å². The van der Waals surface area contributed by atoms with Gasteiger partial charge in [0.15, 0.2) is 0 Å². The van der Waals surface area contributed by atoms with Crippen molar-refractivity contribution in [2.75, 3.05) is 26.5 Å². The molecule has 1 aromatic carbocycles. The molecule has 0 fully saturated rings. The van der Waals surface area contributed by atoms with E-state index in [1.807, 2.05) is 24.9 Å². The van der Waals surface area contributed by atoms with E-state index >= 15 is 0 Å². The summed E-state index contributed by atoms with van der Waals surface area (Å²) in [6.07, 6.45) is 1.10. The van der Waals surface area contributed by atoms with E-state index in [2.05, 4.69) is 46.4 Å². The van der Waals surface area contributed by atoms with Crippen molar-refractivity contribution in [3.05, 3.63) is 28.7 Å². The molecule has 1 N–H and O–H groups in total. The molecule has 4 heteroatoms. The van der Waals surface area contributed by atoms with Crippen molar-refractivity contribution >= 4 is 27.7 Å². The summed E-state index contributed by atoms with van der Waals surface area (Å²) in [7, 11) is 3.80. The van der Waals surface area contributed by atoms with Crippen LogP contribution in [0.4, 0.5) is 0 Å². The molecule has 0 amide bonds. The van der Waals surface area contributed by atoms with Gasteiger partial charge in [-0.25, -0.2) is 0 Å². The summed E-state index contributed by atoms with van der Waals surface area (Å²) in [5, 5.41) is 3.41. The van der Waals surface area contributed by atoms with Gasteiger partial charge in [0, 0.05) is 34.9 Å². The molecule has 2 unspecified atom stereocenters. The Kier molecular flexibility index (Phi) is 7.98. The molecular formula is C14H22BrNOS. The first kappa shape index (κ1) is 16.0. The van der Waals surface area contributed by atoms with Gasteiger partial charge in [-0.05, 0) is 47.4 Å². The van der Waals surface area contributed by atoms with Crippen LogP contribution in [-0.4, -0.2) is 32.6 Å². The minimum absolute atomic E-state index is 0.511. The van der Waals surface area contributed by atoms with Crippen LogP contribution in [0.25, 0.3) is 0 Å². The third-order valence-corrected chi connectivity index (χ3v) is 5.24. The fourth-order valence-corrected chi connectivity index (χ4v) is 3.64. The zero-order valence-electron chi connectivity index (χ0n) is 11.3. The number of halogens is 1. The summed E-state index contributed by atoms with van der Waals surface area (Å²) in [5.74, 6) is 1.69. The fraction of sp³-hybridized carbons (Fsp3) is 0.571. The first-order valence-electron chi connectivity index (χ1n) is 6.22. The summed E-state index contributed by atoms with van der Waals surface area (Å²) in [6.45, 7) is 3.11. The molecule has 0 heterocycles. The van der Waals surface area contributed by atoms with Crippen molar-refractivity contribution < 1.29 is 4.74 Å². The maximum atomic E-state index is 5.15. The molecule has 2 nitrogen and oxygen atoms in total. The maximum Gasteiger partial charge on any atom is 0.0465 e. The lowest BCUT2D eigenvalue weighted by atomic mass is 10.0. The second-order valence-electron chi connectivity index (χ2n) is 4.40. The van der Waals surface area contributed by atoms with E-state index < -0.39 is 0 Å². The number of benzene rings is 1. The van der Waals surface area contributed by atoms with Crippen LogP contribution in [0.15, 0.2) is 33.6 Å². The Morgan fingerprint density at radius 2 is 2.11 bits per heavy atom. The first-order chi connectivity index (χ1) is 8.69. The van der Waals surface area contributed by atoms with Crippen molar-refractivity contribution in [2.24, 2.45) is 5.92 Å². The summed E-state index contributed by atoms with van der Waals surface area (Å²) in [5.41, 5.74) is 0. The lowest BCUT2D eigenvalue weighted by Crippen LogP contribution is -2.35. The van der Waals surface area contributed by atoms with Gasteiger partial charge in [-0.15, -0.1) is 11.8 Å². The van der Waals surface area contributed by atoms with Gasteiger partial charge in [0.1, 0.15) is 0 Å². The standard InChI is InChI=1S/C14H22BrNOS/c1-11(8-9-17-3)13(16-2)10-18-14-7-5-4-6-12(14)15/h4-7,11,13,16H,8-10H2,1-3H3. The van der Waals surface area contributed by atoms with E-state index in [0.29, 0.717) is 12.0 Å². The van der Waals surface area contributed by atoms with Gasteiger partial charge in [0.2, 0.25) is 0 Å². The number of hydrogen-bond donors (Lipinski definition) is 1. The largest absolute Gasteiger partial charge is 0.385 e. The molecule has 0 saturated carbocycles. The zero-order valence-corrected chi connectivity index (χ0v) is 13.7. The van der Waals surface area contributed by atoms with E-state index in [1.54, 1.807) is 7.11 Å². The molecule has 0 aromatic heterocycles. The number of rotatable bonds is 8. The molecule has 0 bridgehead atoms. The van der Waals surface area contributed by atoms with Crippen molar-refractivity contribution in [1.82, 2.24) is 5.32 Å². The summed E-state index contributed by atoms with van der Waals surface area (Å²) in [6, 6.07) is 8.88. The van der Waals surface area contributed by atoms with Crippen molar-refractivity contribution in [3.8, 4) is 0 Å². The molecule has 0 aliphatic heterocycles. The third kappa shape index (κ3) is 5.31. The Bertz CT molecular complexity index is 348. The van der Waals surface area contributed by atoms with E-state index in [9.17, 15) is 0 Å². The topological polar surface area (TPSA) is 21.3 Å². The normalized spacial score (nSPS) is 14.4. The molecule has 102 valence electrons. The minimum atomic E-state index is 0.511. The summed E-state index contributed by atoms with van der Waals surface area (Å²) < 4.78 is 6.32. The molecular weight excluding hydrogens is 310 g/mol. The molecule has 2 atom stereocenters. The number of thioether (sulfide) groups is 1. The lowest BCUT2D eigenvalue weighted by Gasteiger charge is -2.23. The maximum absolute atomic E-state index is 5.15. The van der Waals surface area contributed by atoms with Gasteiger partial charge in [-0.3, -0.25) is 0 Å². The molecule has 1 rings (SSSR count). The van der Waals surface area contributed by atoms with E-state index in [4.69, 9.17) is 4.74 Å². The molecule has 0 aliphatic carbocycles. The monoisotopic (exact) mass is 331 g/mol. The molecule has 0 radical (unpaired) electrons. The number of hydrogen-bond acceptors (Lipinski definition) is 3. The van der Waals surface area contributed by atoms with Gasteiger partial charge in [0.05, 0.1) is 0 Å². The molecule has 1 aromatic rings. The minimum Gasteiger partial charge on any atom is -0.385 e.